The minimum absolute atomic E-state index is 0.00397. The van der Waals surface area contributed by atoms with Crippen LogP contribution in [0.5, 0.6) is 0 Å². The number of fused-ring (bicyclic) bond motifs is 1. The topological polar surface area (TPSA) is 68.0 Å². The first-order valence-electron chi connectivity index (χ1n) is 7.97. The first-order chi connectivity index (χ1) is 12.1. The van der Waals surface area contributed by atoms with Crippen molar-refractivity contribution in [1.82, 2.24) is 24.1 Å². The van der Waals surface area contributed by atoms with Crippen molar-refractivity contribution < 1.29 is 17.6 Å². The molecule has 1 saturated carbocycles. The van der Waals surface area contributed by atoms with E-state index in [2.05, 4.69) is 15.1 Å². The average molecular weight is 369 g/mol. The number of rotatable bonds is 3. The third-order valence-electron chi connectivity index (χ3n) is 4.68. The maximum Gasteiger partial charge on any atom is 0.434 e. The molecule has 138 valence electrons. The highest BCUT2D eigenvalue weighted by atomic mass is 19.4. The van der Waals surface area contributed by atoms with E-state index in [1.807, 2.05) is 0 Å². The van der Waals surface area contributed by atoms with E-state index >= 15 is 0 Å². The third kappa shape index (κ3) is 2.69. The summed E-state index contributed by atoms with van der Waals surface area (Å²) < 4.78 is 56.5. The fraction of sp³-hybridized carbons (Fsp3) is 0.438. The molecule has 10 heteroatoms. The molecule has 0 saturated heterocycles. The molecular formula is C16H15F4N5O. The van der Waals surface area contributed by atoms with Crippen molar-refractivity contribution in [1.29, 1.82) is 0 Å². The van der Waals surface area contributed by atoms with Gasteiger partial charge < -0.3 is 4.98 Å². The van der Waals surface area contributed by atoms with Crippen LogP contribution in [0.25, 0.3) is 16.9 Å². The average Bonchev–Trinajstić information content (AvgIpc) is 2.90. The first kappa shape index (κ1) is 16.8. The lowest BCUT2D eigenvalue weighted by atomic mass is 10.1. The fourth-order valence-corrected chi connectivity index (χ4v) is 3.11. The molecule has 2 atom stereocenters. The fourth-order valence-electron chi connectivity index (χ4n) is 3.11. The number of aromatic nitrogens is 5. The van der Waals surface area contributed by atoms with Crippen LogP contribution in [0.4, 0.5) is 17.6 Å². The van der Waals surface area contributed by atoms with Crippen molar-refractivity contribution in [3.8, 4) is 11.1 Å². The SMILES string of the molecule is Cc1cn2c(=O)c(-c3cnn(C[C@@H]4CC4(C)F)c3)c(C(F)(F)F)nc2[nH]1. The Balaban J connectivity index is 1.84. The van der Waals surface area contributed by atoms with Gasteiger partial charge in [-0.2, -0.15) is 18.3 Å². The monoisotopic (exact) mass is 369 g/mol. The van der Waals surface area contributed by atoms with Gasteiger partial charge in [-0.1, -0.05) is 0 Å². The third-order valence-corrected chi connectivity index (χ3v) is 4.68. The second-order valence-corrected chi connectivity index (χ2v) is 6.90. The van der Waals surface area contributed by atoms with Crippen LogP contribution < -0.4 is 5.56 Å². The van der Waals surface area contributed by atoms with E-state index in [0.29, 0.717) is 12.1 Å². The number of aromatic amines is 1. The van der Waals surface area contributed by atoms with Gasteiger partial charge in [-0.05, 0) is 20.3 Å². The Hall–Kier alpha value is -2.65. The number of alkyl halides is 4. The Bertz CT molecular complexity index is 1060. The van der Waals surface area contributed by atoms with E-state index in [-0.39, 0.29) is 23.8 Å². The van der Waals surface area contributed by atoms with Gasteiger partial charge >= 0.3 is 6.18 Å². The Kier molecular flexibility index (Phi) is 3.35. The van der Waals surface area contributed by atoms with Crippen LogP contribution >= 0.6 is 0 Å². The number of nitrogens with zero attached hydrogens (tertiary/aromatic N) is 4. The zero-order valence-corrected chi connectivity index (χ0v) is 13.9. The molecule has 3 aromatic heterocycles. The summed E-state index contributed by atoms with van der Waals surface area (Å²) in [5.74, 6) is -0.409. The van der Waals surface area contributed by atoms with Crippen molar-refractivity contribution in [2.24, 2.45) is 5.92 Å². The highest BCUT2D eigenvalue weighted by Gasteiger charge is 2.51. The van der Waals surface area contributed by atoms with Crippen molar-refractivity contribution in [3.05, 3.63) is 40.3 Å². The molecule has 1 N–H and O–H groups in total. The van der Waals surface area contributed by atoms with Crippen molar-refractivity contribution in [3.63, 3.8) is 0 Å². The molecule has 0 spiro atoms. The molecule has 3 aromatic rings. The number of imidazole rings is 1. The van der Waals surface area contributed by atoms with E-state index in [9.17, 15) is 22.4 Å². The molecule has 0 radical (unpaired) electrons. The smallest absolute Gasteiger partial charge is 0.328 e. The summed E-state index contributed by atoms with van der Waals surface area (Å²) in [6.07, 6.45) is -0.532. The Morgan fingerprint density at radius 1 is 1.38 bits per heavy atom. The summed E-state index contributed by atoms with van der Waals surface area (Å²) >= 11 is 0. The number of halogens is 4. The van der Waals surface area contributed by atoms with E-state index in [1.165, 1.54) is 30.2 Å². The standard InChI is InChI=1S/C16H15F4N5O/c1-8-5-25-13(26)11(12(16(18,19)20)23-14(25)22-8)9-4-21-24(6-9)7-10-3-15(10,2)17/h4-6,10H,3,7H2,1-2H3,(H,22,23)/t10-,15?/m0/s1. The molecule has 26 heavy (non-hydrogen) atoms. The second kappa shape index (κ2) is 5.18. The minimum Gasteiger partial charge on any atom is -0.328 e. The van der Waals surface area contributed by atoms with Gasteiger partial charge in [0.05, 0.1) is 11.8 Å². The van der Waals surface area contributed by atoms with Crippen molar-refractivity contribution in [2.45, 2.75) is 38.7 Å². The van der Waals surface area contributed by atoms with Crippen molar-refractivity contribution in [2.75, 3.05) is 0 Å². The number of nitrogens with one attached hydrogen (secondary N) is 1. The van der Waals surface area contributed by atoms with Gasteiger partial charge in [0.25, 0.3) is 5.56 Å². The Morgan fingerprint density at radius 3 is 2.69 bits per heavy atom. The Labute approximate surface area is 144 Å². The van der Waals surface area contributed by atoms with E-state index in [4.69, 9.17) is 0 Å². The lowest BCUT2D eigenvalue weighted by molar-refractivity contribution is -0.140. The second-order valence-electron chi connectivity index (χ2n) is 6.90. The van der Waals surface area contributed by atoms with Gasteiger partial charge in [-0.3, -0.25) is 13.9 Å². The normalized spacial score (nSPS) is 22.9. The summed E-state index contributed by atoms with van der Waals surface area (Å²) in [5, 5.41) is 3.99. The molecule has 0 aromatic carbocycles. The van der Waals surface area contributed by atoms with Gasteiger partial charge in [0.2, 0.25) is 5.78 Å². The molecular weight excluding hydrogens is 354 g/mol. The molecule has 6 nitrogen and oxygen atoms in total. The summed E-state index contributed by atoms with van der Waals surface area (Å²) in [5.41, 5.74) is -3.44. The minimum atomic E-state index is -4.81. The quantitative estimate of drug-likeness (QED) is 0.722. The van der Waals surface area contributed by atoms with E-state index in [1.54, 1.807) is 6.92 Å². The number of hydrogen-bond acceptors (Lipinski definition) is 3. The molecule has 0 aliphatic heterocycles. The van der Waals surface area contributed by atoms with Crippen LogP contribution in [0, 0.1) is 12.8 Å². The highest BCUT2D eigenvalue weighted by molar-refractivity contribution is 5.65. The molecule has 3 heterocycles. The summed E-state index contributed by atoms with van der Waals surface area (Å²) in [7, 11) is 0. The maximum absolute atomic E-state index is 13.7. The van der Waals surface area contributed by atoms with Gasteiger partial charge in [-0.25, -0.2) is 9.37 Å². The summed E-state index contributed by atoms with van der Waals surface area (Å²) in [6, 6.07) is 0. The van der Waals surface area contributed by atoms with Crippen molar-refractivity contribution >= 4 is 5.78 Å². The molecule has 1 unspecified atom stereocenters. The lowest BCUT2D eigenvalue weighted by Crippen LogP contribution is -2.23. The van der Waals surface area contributed by atoms with Crippen LogP contribution in [-0.2, 0) is 12.7 Å². The summed E-state index contributed by atoms with van der Waals surface area (Å²) in [6.45, 7) is 3.33. The van der Waals surface area contributed by atoms with Crippen LogP contribution in [0.15, 0.2) is 23.4 Å². The zero-order valence-electron chi connectivity index (χ0n) is 13.9. The maximum atomic E-state index is 13.7. The van der Waals surface area contributed by atoms with Gasteiger partial charge in [0.1, 0.15) is 5.67 Å². The largest absolute Gasteiger partial charge is 0.434 e. The van der Waals surface area contributed by atoms with E-state index < -0.39 is 28.7 Å². The molecule has 4 rings (SSSR count). The molecule has 0 amide bonds. The molecule has 1 fully saturated rings. The Morgan fingerprint density at radius 2 is 2.08 bits per heavy atom. The van der Waals surface area contributed by atoms with Gasteiger partial charge in [0, 0.05) is 36.1 Å². The molecule has 0 bridgehead atoms. The van der Waals surface area contributed by atoms with Crippen LogP contribution in [-0.4, -0.2) is 29.8 Å². The molecule has 1 aliphatic rings. The zero-order chi connectivity index (χ0) is 18.9. The summed E-state index contributed by atoms with van der Waals surface area (Å²) in [4.78, 5) is 18.9. The van der Waals surface area contributed by atoms with Gasteiger partial charge in [-0.15, -0.1) is 0 Å². The van der Waals surface area contributed by atoms with E-state index in [0.717, 1.165) is 4.40 Å². The molecule has 1 aliphatic carbocycles. The highest BCUT2D eigenvalue weighted by Crippen LogP contribution is 2.47. The first-order valence-corrected chi connectivity index (χ1v) is 7.97. The predicted molar refractivity (Wildman–Crippen MR) is 84.4 cm³/mol. The van der Waals surface area contributed by atoms with Crippen LogP contribution in [0.1, 0.15) is 24.7 Å². The predicted octanol–water partition coefficient (Wildman–Crippen LogP) is 2.96. The van der Waals surface area contributed by atoms with Crippen LogP contribution in [0.2, 0.25) is 0 Å². The number of H-pyrrole nitrogens is 1. The lowest BCUT2D eigenvalue weighted by Gasteiger charge is -2.10. The number of hydrogen-bond donors (Lipinski definition) is 1. The van der Waals surface area contributed by atoms with Crippen LogP contribution in [0.3, 0.4) is 0 Å². The van der Waals surface area contributed by atoms with Gasteiger partial charge in [0.15, 0.2) is 5.69 Å². The number of aryl methyl sites for hydroxylation is 1.